The summed E-state index contributed by atoms with van der Waals surface area (Å²) in [5.74, 6) is -0.00854. The number of rotatable bonds is 4. The van der Waals surface area contributed by atoms with E-state index in [2.05, 4.69) is 10.2 Å². The average molecular weight is 305 g/mol. The van der Waals surface area contributed by atoms with Gasteiger partial charge < -0.3 is 14.6 Å². The van der Waals surface area contributed by atoms with Crippen molar-refractivity contribution in [1.29, 1.82) is 0 Å². The highest BCUT2D eigenvalue weighted by Gasteiger charge is 2.20. The van der Waals surface area contributed by atoms with Gasteiger partial charge in [0.25, 0.3) is 0 Å². The molecule has 7 nitrogen and oxygen atoms in total. The summed E-state index contributed by atoms with van der Waals surface area (Å²) in [5, 5.41) is 18.6. The van der Waals surface area contributed by atoms with E-state index in [1.807, 2.05) is 5.38 Å². The first-order valence-corrected chi connectivity index (χ1v) is 6.82. The van der Waals surface area contributed by atoms with Gasteiger partial charge in [0.15, 0.2) is 0 Å². The van der Waals surface area contributed by atoms with Crippen molar-refractivity contribution in [3.63, 3.8) is 0 Å². The fourth-order valence-electron chi connectivity index (χ4n) is 2.06. The van der Waals surface area contributed by atoms with Crippen LogP contribution in [0.2, 0.25) is 0 Å². The molecule has 0 bridgehead atoms. The Morgan fingerprint density at radius 3 is 2.76 bits per heavy atom. The zero-order chi connectivity index (χ0) is 15.0. The summed E-state index contributed by atoms with van der Waals surface area (Å²) in [7, 11) is 3.12. The molecule has 2 heterocycles. The van der Waals surface area contributed by atoms with Crippen molar-refractivity contribution in [1.82, 2.24) is 14.6 Å². The van der Waals surface area contributed by atoms with Crippen molar-refractivity contribution in [3.8, 4) is 22.8 Å². The fraction of sp³-hybridized carbons (Fsp3) is 0.154. The highest BCUT2D eigenvalue weighted by atomic mass is 32.1. The number of nitrogens with zero attached hydrogens (tertiary/aromatic N) is 3. The topological polar surface area (TPSA) is 86.0 Å². The standard InChI is InChI=1S/C13H11N3O4S/c1-19-7-3-4-10(20-2)8(5-7)9-6-21-13-15-14-11(12(17)18)16(9)13/h3-6H,1-2H3,(H,17,18). The van der Waals surface area contributed by atoms with Crippen molar-refractivity contribution in [2.45, 2.75) is 0 Å². The van der Waals surface area contributed by atoms with Gasteiger partial charge in [-0.3, -0.25) is 4.40 Å². The smallest absolute Gasteiger partial charge is 0.374 e. The van der Waals surface area contributed by atoms with Crippen LogP contribution in [-0.4, -0.2) is 39.9 Å². The lowest BCUT2D eigenvalue weighted by atomic mass is 10.1. The van der Waals surface area contributed by atoms with Gasteiger partial charge in [0.1, 0.15) is 11.5 Å². The monoisotopic (exact) mass is 305 g/mol. The van der Waals surface area contributed by atoms with Gasteiger partial charge in [-0.05, 0) is 18.2 Å². The first kappa shape index (κ1) is 13.4. The molecule has 0 atom stereocenters. The molecule has 0 amide bonds. The van der Waals surface area contributed by atoms with E-state index in [0.29, 0.717) is 27.7 Å². The van der Waals surface area contributed by atoms with Crippen molar-refractivity contribution in [2.24, 2.45) is 0 Å². The highest BCUT2D eigenvalue weighted by Crippen LogP contribution is 2.35. The van der Waals surface area contributed by atoms with Crippen molar-refractivity contribution >= 4 is 22.3 Å². The Bertz CT molecular complexity index is 824. The Kier molecular flexibility index (Phi) is 3.22. The van der Waals surface area contributed by atoms with E-state index >= 15 is 0 Å². The van der Waals surface area contributed by atoms with Crippen LogP contribution in [0.25, 0.3) is 16.2 Å². The molecule has 0 radical (unpaired) electrons. The maximum Gasteiger partial charge on any atom is 0.374 e. The molecule has 0 unspecified atom stereocenters. The lowest BCUT2D eigenvalue weighted by Crippen LogP contribution is -2.04. The van der Waals surface area contributed by atoms with Crippen LogP contribution < -0.4 is 9.47 Å². The van der Waals surface area contributed by atoms with Crippen LogP contribution in [0.1, 0.15) is 10.6 Å². The van der Waals surface area contributed by atoms with E-state index in [1.165, 1.54) is 15.7 Å². The largest absolute Gasteiger partial charge is 0.497 e. The van der Waals surface area contributed by atoms with Crippen LogP contribution >= 0.6 is 11.3 Å². The third-order valence-corrected chi connectivity index (χ3v) is 3.84. The number of thiazole rings is 1. The predicted octanol–water partition coefficient (Wildman–Crippen LogP) is 2.17. The molecule has 21 heavy (non-hydrogen) atoms. The third-order valence-electron chi connectivity index (χ3n) is 3.02. The number of carboxylic acids is 1. The number of aromatic carboxylic acids is 1. The summed E-state index contributed by atoms with van der Waals surface area (Å²) in [5.41, 5.74) is 1.36. The number of aromatic nitrogens is 3. The van der Waals surface area contributed by atoms with Gasteiger partial charge in [-0.1, -0.05) is 0 Å². The molecule has 0 saturated heterocycles. The molecule has 0 fully saturated rings. The lowest BCUT2D eigenvalue weighted by Gasteiger charge is -2.10. The number of benzene rings is 1. The van der Waals surface area contributed by atoms with E-state index in [9.17, 15) is 9.90 Å². The minimum atomic E-state index is -1.14. The molecule has 3 rings (SSSR count). The van der Waals surface area contributed by atoms with Gasteiger partial charge >= 0.3 is 5.97 Å². The van der Waals surface area contributed by atoms with Crippen LogP contribution in [0, 0.1) is 0 Å². The zero-order valence-electron chi connectivity index (χ0n) is 11.2. The van der Waals surface area contributed by atoms with Gasteiger partial charge in [-0.2, -0.15) is 0 Å². The summed E-state index contributed by atoms with van der Waals surface area (Å²) in [6.45, 7) is 0. The van der Waals surface area contributed by atoms with Crippen LogP contribution in [0.3, 0.4) is 0 Å². The number of hydrogen-bond donors (Lipinski definition) is 1. The summed E-state index contributed by atoms with van der Waals surface area (Å²) >= 11 is 1.31. The molecule has 0 aliphatic heterocycles. The molecule has 0 aliphatic rings. The summed E-state index contributed by atoms with van der Waals surface area (Å²) in [4.78, 5) is 11.8. The lowest BCUT2D eigenvalue weighted by molar-refractivity contribution is 0.0682. The molecule has 0 spiro atoms. The Labute approximate surface area is 123 Å². The van der Waals surface area contributed by atoms with Gasteiger partial charge in [-0.25, -0.2) is 4.79 Å². The molecular formula is C13H11N3O4S. The molecule has 0 saturated carbocycles. The second-order valence-corrected chi connectivity index (χ2v) is 4.97. The van der Waals surface area contributed by atoms with Crippen LogP contribution in [-0.2, 0) is 0 Å². The molecular weight excluding hydrogens is 294 g/mol. The van der Waals surface area contributed by atoms with Crippen LogP contribution in [0.15, 0.2) is 23.6 Å². The molecule has 1 aromatic carbocycles. The predicted molar refractivity (Wildman–Crippen MR) is 76.4 cm³/mol. The molecule has 0 aliphatic carbocycles. The van der Waals surface area contributed by atoms with Gasteiger partial charge in [0, 0.05) is 10.9 Å². The Morgan fingerprint density at radius 2 is 2.10 bits per heavy atom. The van der Waals surface area contributed by atoms with Crippen molar-refractivity contribution < 1.29 is 19.4 Å². The van der Waals surface area contributed by atoms with E-state index in [0.717, 1.165) is 0 Å². The number of carboxylic acid groups (broad SMARTS) is 1. The second kappa shape index (κ2) is 5.06. The maximum atomic E-state index is 11.3. The Hall–Kier alpha value is -2.61. The Morgan fingerprint density at radius 1 is 1.29 bits per heavy atom. The first-order valence-electron chi connectivity index (χ1n) is 5.94. The zero-order valence-corrected chi connectivity index (χ0v) is 12.0. The van der Waals surface area contributed by atoms with E-state index in [4.69, 9.17) is 9.47 Å². The van der Waals surface area contributed by atoms with E-state index in [1.54, 1.807) is 32.4 Å². The highest BCUT2D eigenvalue weighted by molar-refractivity contribution is 7.15. The van der Waals surface area contributed by atoms with Gasteiger partial charge in [-0.15, -0.1) is 21.5 Å². The SMILES string of the molecule is COc1ccc(OC)c(-c2csc3nnc(C(=O)O)n23)c1. The van der Waals surface area contributed by atoms with Crippen LogP contribution in [0.5, 0.6) is 11.5 Å². The quantitative estimate of drug-likeness (QED) is 0.795. The van der Waals surface area contributed by atoms with Gasteiger partial charge in [0.2, 0.25) is 10.8 Å². The number of ether oxygens (including phenoxy) is 2. The van der Waals surface area contributed by atoms with E-state index in [-0.39, 0.29) is 5.82 Å². The van der Waals surface area contributed by atoms with Crippen molar-refractivity contribution in [3.05, 3.63) is 29.4 Å². The van der Waals surface area contributed by atoms with Crippen molar-refractivity contribution in [2.75, 3.05) is 14.2 Å². The summed E-state index contributed by atoms with van der Waals surface area (Å²) < 4.78 is 12.0. The number of methoxy groups -OCH3 is 2. The minimum Gasteiger partial charge on any atom is -0.497 e. The fourth-order valence-corrected chi connectivity index (χ4v) is 2.89. The normalized spacial score (nSPS) is 10.8. The molecule has 8 heteroatoms. The van der Waals surface area contributed by atoms with Crippen LogP contribution in [0.4, 0.5) is 0 Å². The number of hydrogen-bond acceptors (Lipinski definition) is 6. The molecule has 108 valence electrons. The number of fused-ring (bicyclic) bond motifs is 1. The second-order valence-electron chi connectivity index (χ2n) is 4.13. The van der Waals surface area contributed by atoms with E-state index < -0.39 is 5.97 Å². The third kappa shape index (κ3) is 2.09. The summed E-state index contributed by atoms with van der Waals surface area (Å²) in [6, 6.07) is 5.32. The molecule has 2 aromatic heterocycles. The summed E-state index contributed by atoms with van der Waals surface area (Å²) in [6.07, 6.45) is 0. The Balaban J connectivity index is 2.29. The number of carbonyl (C=O) groups is 1. The minimum absolute atomic E-state index is 0.133. The average Bonchev–Trinajstić information content (AvgIpc) is 3.07. The first-order chi connectivity index (χ1) is 10.2. The van der Waals surface area contributed by atoms with Gasteiger partial charge in [0.05, 0.1) is 19.9 Å². The molecule has 1 N–H and O–H groups in total. The maximum absolute atomic E-state index is 11.3. The molecule has 3 aromatic rings.